The average molecular weight is 206 g/mol. The van der Waals surface area contributed by atoms with E-state index in [2.05, 4.69) is 0 Å². The minimum Gasteiger partial charge on any atom is -0.385 e. The van der Waals surface area contributed by atoms with E-state index in [0.29, 0.717) is 5.56 Å². The van der Waals surface area contributed by atoms with E-state index in [1.165, 1.54) is 0 Å². The molecule has 0 aromatic heterocycles. The second kappa shape index (κ2) is 2.58. The summed E-state index contributed by atoms with van der Waals surface area (Å²) in [7, 11) is 0. The number of esters is 2. The zero-order valence-electron chi connectivity index (χ0n) is 7.56. The molecule has 0 radical (unpaired) electrons. The van der Waals surface area contributed by atoms with Gasteiger partial charge in [0.05, 0.1) is 12.2 Å². The highest BCUT2D eigenvalue weighted by Crippen LogP contribution is 2.41. The normalized spacial score (nSPS) is 21.3. The molecule has 0 saturated carbocycles. The fourth-order valence-electron chi connectivity index (χ4n) is 1.71. The molecular formula is C10H6O5. The first-order valence-electron chi connectivity index (χ1n) is 4.40. The van der Waals surface area contributed by atoms with Crippen molar-refractivity contribution in [3.63, 3.8) is 0 Å². The SMILES string of the molecule is O=C1OC2(OCc3ccccc32)OC1=O. The molecule has 0 N–H and O–H groups in total. The number of hydrogen-bond acceptors (Lipinski definition) is 5. The molecule has 3 rings (SSSR count). The van der Waals surface area contributed by atoms with Crippen molar-refractivity contribution in [2.45, 2.75) is 12.6 Å². The van der Waals surface area contributed by atoms with Crippen LogP contribution >= 0.6 is 0 Å². The van der Waals surface area contributed by atoms with Crippen molar-refractivity contribution in [3.8, 4) is 0 Å². The molecule has 15 heavy (non-hydrogen) atoms. The third-order valence-electron chi connectivity index (χ3n) is 2.39. The fourth-order valence-corrected chi connectivity index (χ4v) is 1.71. The van der Waals surface area contributed by atoms with Crippen LogP contribution in [0.2, 0.25) is 0 Å². The number of rotatable bonds is 0. The molecule has 1 aromatic rings. The van der Waals surface area contributed by atoms with Crippen molar-refractivity contribution >= 4 is 11.9 Å². The predicted octanol–water partition coefficient (Wildman–Crippen LogP) is 0.427. The summed E-state index contributed by atoms with van der Waals surface area (Å²) in [6.07, 6.45) is 0. The summed E-state index contributed by atoms with van der Waals surface area (Å²) in [5, 5.41) is 0. The topological polar surface area (TPSA) is 61.8 Å². The van der Waals surface area contributed by atoms with Gasteiger partial charge in [-0.2, -0.15) is 0 Å². The van der Waals surface area contributed by atoms with Crippen molar-refractivity contribution < 1.29 is 23.8 Å². The Kier molecular flexibility index (Phi) is 1.45. The zero-order chi connectivity index (χ0) is 10.5. The smallest absolute Gasteiger partial charge is 0.385 e. The van der Waals surface area contributed by atoms with Crippen LogP contribution in [-0.4, -0.2) is 11.9 Å². The van der Waals surface area contributed by atoms with Gasteiger partial charge in [0.2, 0.25) is 0 Å². The van der Waals surface area contributed by atoms with Crippen LogP contribution in [0.3, 0.4) is 0 Å². The predicted molar refractivity (Wildman–Crippen MR) is 45.1 cm³/mol. The molecule has 76 valence electrons. The van der Waals surface area contributed by atoms with E-state index in [1.807, 2.05) is 12.1 Å². The molecule has 1 fully saturated rings. The Morgan fingerprint density at radius 2 is 1.73 bits per heavy atom. The Balaban J connectivity index is 2.11. The molecule has 1 spiro atoms. The summed E-state index contributed by atoms with van der Waals surface area (Å²) in [6.45, 7) is 0.261. The highest BCUT2D eigenvalue weighted by Gasteiger charge is 2.55. The van der Waals surface area contributed by atoms with Crippen LogP contribution in [0, 0.1) is 0 Å². The van der Waals surface area contributed by atoms with Gasteiger partial charge in [0.15, 0.2) is 0 Å². The van der Waals surface area contributed by atoms with Crippen molar-refractivity contribution in [1.29, 1.82) is 0 Å². The zero-order valence-corrected chi connectivity index (χ0v) is 7.56. The number of benzene rings is 1. The van der Waals surface area contributed by atoms with Crippen LogP contribution in [0.15, 0.2) is 24.3 Å². The maximum absolute atomic E-state index is 11.0. The van der Waals surface area contributed by atoms with E-state index in [-0.39, 0.29) is 6.61 Å². The van der Waals surface area contributed by atoms with E-state index >= 15 is 0 Å². The molecule has 0 atom stereocenters. The molecule has 2 heterocycles. The second-order valence-electron chi connectivity index (χ2n) is 3.28. The third kappa shape index (κ3) is 1.01. The summed E-state index contributed by atoms with van der Waals surface area (Å²) < 4.78 is 14.9. The first kappa shape index (κ1) is 8.43. The van der Waals surface area contributed by atoms with Gasteiger partial charge < -0.3 is 9.47 Å². The number of fused-ring (bicyclic) bond motifs is 2. The van der Waals surface area contributed by atoms with Gasteiger partial charge in [-0.05, 0) is 11.6 Å². The molecule has 0 unspecified atom stereocenters. The summed E-state index contributed by atoms with van der Waals surface area (Å²) in [5.74, 6) is -3.68. The van der Waals surface area contributed by atoms with Gasteiger partial charge in [-0.3, -0.25) is 4.74 Å². The number of carbonyl (C=O) groups is 2. The van der Waals surface area contributed by atoms with Gasteiger partial charge >= 0.3 is 17.9 Å². The molecular weight excluding hydrogens is 200 g/mol. The summed E-state index contributed by atoms with van der Waals surface area (Å²) >= 11 is 0. The lowest BCUT2D eigenvalue weighted by atomic mass is 10.1. The van der Waals surface area contributed by atoms with Gasteiger partial charge in [-0.1, -0.05) is 18.2 Å². The average Bonchev–Trinajstić information content (AvgIpc) is 2.72. The van der Waals surface area contributed by atoms with E-state index in [1.54, 1.807) is 12.1 Å². The first-order chi connectivity index (χ1) is 7.21. The van der Waals surface area contributed by atoms with E-state index < -0.39 is 17.9 Å². The Hall–Kier alpha value is -1.88. The highest BCUT2D eigenvalue weighted by atomic mass is 16.9. The standard InChI is InChI=1S/C10H6O5/c11-8-9(12)15-10(14-8)7-4-2-1-3-6(7)5-13-10/h1-4H,5H2. The van der Waals surface area contributed by atoms with Gasteiger partial charge in [0.25, 0.3) is 0 Å². The molecule has 2 aliphatic rings. The second-order valence-corrected chi connectivity index (χ2v) is 3.28. The Morgan fingerprint density at radius 1 is 1.07 bits per heavy atom. The lowest BCUT2D eigenvalue weighted by Crippen LogP contribution is -2.26. The molecule has 5 nitrogen and oxygen atoms in total. The Morgan fingerprint density at radius 3 is 2.47 bits per heavy atom. The first-order valence-corrected chi connectivity index (χ1v) is 4.40. The van der Waals surface area contributed by atoms with Crippen LogP contribution in [0.4, 0.5) is 0 Å². The van der Waals surface area contributed by atoms with Crippen LogP contribution < -0.4 is 0 Å². The summed E-state index contributed by atoms with van der Waals surface area (Å²) in [5.41, 5.74) is 1.42. The van der Waals surface area contributed by atoms with E-state index in [4.69, 9.17) is 14.2 Å². The lowest BCUT2D eigenvalue weighted by molar-refractivity contribution is -0.321. The molecule has 0 amide bonds. The van der Waals surface area contributed by atoms with E-state index in [0.717, 1.165) is 5.56 Å². The minimum absolute atomic E-state index is 0.261. The van der Waals surface area contributed by atoms with Gasteiger partial charge in [0, 0.05) is 0 Å². The van der Waals surface area contributed by atoms with Crippen molar-refractivity contribution in [2.24, 2.45) is 0 Å². The highest BCUT2D eigenvalue weighted by molar-refractivity contribution is 6.31. The van der Waals surface area contributed by atoms with E-state index in [9.17, 15) is 9.59 Å². The fraction of sp³-hybridized carbons (Fsp3) is 0.200. The van der Waals surface area contributed by atoms with Crippen LogP contribution in [0.5, 0.6) is 0 Å². The van der Waals surface area contributed by atoms with Crippen molar-refractivity contribution in [1.82, 2.24) is 0 Å². The molecule has 2 aliphatic heterocycles. The Bertz CT molecular complexity index is 449. The molecule has 0 bridgehead atoms. The lowest BCUT2D eigenvalue weighted by Gasteiger charge is -2.18. The van der Waals surface area contributed by atoms with Crippen LogP contribution in [-0.2, 0) is 36.4 Å². The van der Waals surface area contributed by atoms with Crippen LogP contribution in [0.25, 0.3) is 0 Å². The molecule has 1 aromatic carbocycles. The van der Waals surface area contributed by atoms with Crippen LogP contribution in [0.1, 0.15) is 11.1 Å². The minimum atomic E-state index is -1.63. The van der Waals surface area contributed by atoms with Crippen molar-refractivity contribution in [3.05, 3.63) is 35.4 Å². The Labute approximate surface area is 84.5 Å². The monoisotopic (exact) mass is 206 g/mol. The number of hydrogen-bond donors (Lipinski definition) is 0. The van der Waals surface area contributed by atoms with Gasteiger partial charge in [0.1, 0.15) is 0 Å². The largest absolute Gasteiger partial charge is 0.422 e. The molecule has 0 aliphatic carbocycles. The maximum atomic E-state index is 11.0. The quantitative estimate of drug-likeness (QED) is 0.455. The van der Waals surface area contributed by atoms with Gasteiger partial charge in [-0.25, -0.2) is 9.59 Å². The van der Waals surface area contributed by atoms with Crippen molar-refractivity contribution in [2.75, 3.05) is 0 Å². The number of ether oxygens (including phenoxy) is 3. The summed E-state index contributed by atoms with van der Waals surface area (Å²) in [6, 6.07) is 7.12. The third-order valence-corrected chi connectivity index (χ3v) is 2.39. The molecule has 1 saturated heterocycles. The van der Waals surface area contributed by atoms with Gasteiger partial charge in [-0.15, -0.1) is 0 Å². The molecule has 5 heteroatoms. The maximum Gasteiger partial charge on any atom is 0.422 e. The number of carbonyl (C=O) groups excluding carboxylic acids is 2. The summed E-state index contributed by atoms with van der Waals surface area (Å²) in [4.78, 5) is 21.9.